The molecule has 13 heavy (non-hydrogen) atoms. The van der Waals surface area contributed by atoms with Crippen molar-refractivity contribution >= 4 is 12.2 Å². The van der Waals surface area contributed by atoms with Crippen LogP contribution in [-0.4, -0.2) is 4.98 Å². The highest BCUT2D eigenvalue weighted by molar-refractivity contribution is 7.71. The van der Waals surface area contributed by atoms with Crippen molar-refractivity contribution in [3.63, 3.8) is 0 Å². The van der Waals surface area contributed by atoms with E-state index in [-0.39, 0.29) is 0 Å². The molecule has 0 saturated heterocycles. The highest BCUT2D eigenvalue weighted by atomic mass is 32.1. The Bertz CT molecular complexity index is 365. The molecular formula is C11H15NS. The molecule has 1 aliphatic rings. The summed E-state index contributed by atoms with van der Waals surface area (Å²) in [6.07, 6.45) is 6.12. The molecule has 0 spiro atoms. The smallest absolute Gasteiger partial charge is 0.103 e. The van der Waals surface area contributed by atoms with Crippen molar-refractivity contribution in [1.82, 2.24) is 4.98 Å². The molecule has 0 unspecified atom stereocenters. The second kappa shape index (κ2) is 3.62. The maximum absolute atomic E-state index is 5.20. The Morgan fingerprint density at radius 3 is 3.08 bits per heavy atom. The van der Waals surface area contributed by atoms with Crippen LogP contribution in [0.1, 0.15) is 36.6 Å². The van der Waals surface area contributed by atoms with Gasteiger partial charge in [0.25, 0.3) is 0 Å². The summed E-state index contributed by atoms with van der Waals surface area (Å²) in [4.78, 5) is 3.32. The van der Waals surface area contributed by atoms with Crippen LogP contribution in [0.25, 0.3) is 0 Å². The first-order valence-electron chi connectivity index (χ1n) is 5.05. The molecule has 1 nitrogen and oxygen atoms in total. The Hall–Kier alpha value is -0.630. The molecule has 70 valence electrons. The summed E-state index contributed by atoms with van der Waals surface area (Å²) >= 11 is 5.20. The van der Waals surface area contributed by atoms with Gasteiger partial charge in [-0.25, -0.2) is 0 Å². The van der Waals surface area contributed by atoms with E-state index in [1.807, 2.05) is 0 Å². The lowest BCUT2D eigenvalue weighted by molar-refractivity contribution is 0.849. The predicted molar refractivity (Wildman–Crippen MR) is 57.6 cm³/mol. The highest BCUT2D eigenvalue weighted by Crippen LogP contribution is 2.24. The average Bonchev–Trinajstić information content (AvgIpc) is 2.52. The summed E-state index contributed by atoms with van der Waals surface area (Å²) in [5.41, 5.74) is 4.44. The molecule has 0 amide bonds. The minimum Gasteiger partial charge on any atom is -0.350 e. The van der Waals surface area contributed by atoms with Gasteiger partial charge in [0.05, 0.1) is 0 Å². The first kappa shape index (κ1) is 8.95. The van der Waals surface area contributed by atoms with Crippen molar-refractivity contribution in [2.24, 2.45) is 0 Å². The van der Waals surface area contributed by atoms with Gasteiger partial charge in [0.2, 0.25) is 0 Å². The molecule has 2 rings (SSSR count). The van der Waals surface area contributed by atoms with Gasteiger partial charge in [-0.1, -0.05) is 25.6 Å². The number of aromatic amines is 1. The number of hydrogen-bond donors (Lipinski definition) is 1. The average molecular weight is 193 g/mol. The molecule has 1 aliphatic carbocycles. The molecule has 0 fully saturated rings. The second-order valence-electron chi connectivity index (χ2n) is 3.72. The second-order valence-corrected chi connectivity index (χ2v) is 4.16. The largest absolute Gasteiger partial charge is 0.350 e. The predicted octanol–water partition coefficient (Wildman–Crippen LogP) is 3.19. The first-order chi connectivity index (χ1) is 6.31. The van der Waals surface area contributed by atoms with Gasteiger partial charge in [-0.3, -0.25) is 0 Å². The van der Waals surface area contributed by atoms with Gasteiger partial charge in [-0.15, -0.1) is 0 Å². The normalized spacial score (nSPS) is 14.5. The fourth-order valence-corrected chi connectivity index (χ4v) is 2.42. The monoisotopic (exact) mass is 193 g/mol. The first-order valence-corrected chi connectivity index (χ1v) is 5.46. The van der Waals surface area contributed by atoms with Crippen LogP contribution in [0, 0.1) is 4.64 Å². The molecule has 0 atom stereocenters. The fraction of sp³-hybridized carbons (Fsp3) is 0.545. The number of aromatic nitrogens is 1. The number of hydrogen-bond acceptors (Lipinski definition) is 1. The van der Waals surface area contributed by atoms with E-state index in [9.17, 15) is 0 Å². The third-order valence-electron chi connectivity index (χ3n) is 2.70. The van der Waals surface area contributed by atoms with Crippen molar-refractivity contribution in [3.8, 4) is 0 Å². The minimum absolute atomic E-state index is 0.907. The molecule has 1 heterocycles. The zero-order valence-electron chi connectivity index (χ0n) is 8.02. The number of rotatable bonds is 2. The lowest BCUT2D eigenvalue weighted by Crippen LogP contribution is -1.97. The molecular weight excluding hydrogens is 178 g/mol. The molecule has 0 aliphatic heterocycles. The Kier molecular flexibility index (Phi) is 2.49. The van der Waals surface area contributed by atoms with E-state index in [4.69, 9.17) is 12.2 Å². The topological polar surface area (TPSA) is 15.8 Å². The lowest BCUT2D eigenvalue weighted by Gasteiger charge is -2.06. The van der Waals surface area contributed by atoms with Crippen molar-refractivity contribution in [3.05, 3.63) is 27.5 Å². The van der Waals surface area contributed by atoms with Gasteiger partial charge in [-0.2, -0.15) is 0 Å². The maximum atomic E-state index is 5.20. The fourth-order valence-electron chi connectivity index (χ4n) is 2.15. The summed E-state index contributed by atoms with van der Waals surface area (Å²) in [7, 11) is 0. The Morgan fingerprint density at radius 1 is 1.46 bits per heavy atom. The van der Waals surface area contributed by atoms with Crippen LogP contribution in [0.5, 0.6) is 0 Å². The summed E-state index contributed by atoms with van der Waals surface area (Å²) in [5.74, 6) is 0. The summed E-state index contributed by atoms with van der Waals surface area (Å²) < 4.78 is 0.907. The zero-order chi connectivity index (χ0) is 9.26. The molecule has 1 aromatic rings. The van der Waals surface area contributed by atoms with Crippen molar-refractivity contribution in [1.29, 1.82) is 0 Å². The van der Waals surface area contributed by atoms with Gasteiger partial charge in [0, 0.05) is 5.69 Å². The Morgan fingerprint density at radius 2 is 2.31 bits per heavy atom. The van der Waals surface area contributed by atoms with E-state index < -0.39 is 0 Å². The third kappa shape index (κ3) is 1.68. The highest BCUT2D eigenvalue weighted by Gasteiger charge is 2.14. The van der Waals surface area contributed by atoms with Crippen LogP contribution in [0.4, 0.5) is 0 Å². The van der Waals surface area contributed by atoms with E-state index in [2.05, 4.69) is 18.0 Å². The Labute approximate surface area is 84.2 Å². The molecule has 2 heteroatoms. The van der Waals surface area contributed by atoms with Crippen molar-refractivity contribution in [2.45, 2.75) is 39.0 Å². The van der Waals surface area contributed by atoms with E-state index in [0.29, 0.717) is 0 Å². The van der Waals surface area contributed by atoms with E-state index in [1.165, 1.54) is 36.9 Å². The van der Waals surface area contributed by atoms with Gasteiger partial charge < -0.3 is 4.98 Å². The van der Waals surface area contributed by atoms with Gasteiger partial charge in [0.15, 0.2) is 0 Å². The van der Waals surface area contributed by atoms with Crippen LogP contribution in [0.15, 0.2) is 6.07 Å². The lowest BCUT2D eigenvalue weighted by atomic mass is 10.1. The Balaban J connectivity index is 2.49. The molecule has 0 aromatic carbocycles. The van der Waals surface area contributed by atoms with Gasteiger partial charge in [-0.05, 0) is 42.9 Å². The van der Waals surface area contributed by atoms with Gasteiger partial charge in [0.1, 0.15) is 4.64 Å². The summed E-state index contributed by atoms with van der Waals surface area (Å²) in [6.45, 7) is 2.21. The number of pyridine rings is 1. The zero-order valence-corrected chi connectivity index (χ0v) is 8.84. The van der Waals surface area contributed by atoms with Crippen molar-refractivity contribution < 1.29 is 0 Å². The number of fused-ring (bicyclic) bond motifs is 1. The van der Waals surface area contributed by atoms with E-state index in [1.54, 1.807) is 5.56 Å². The van der Waals surface area contributed by atoms with E-state index >= 15 is 0 Å². The summed E-state index contributed by atoms with van der Waals surface area (Å²) in [5, 5.41) is 0. The molecule has 0 radical (unpaired) electrons. The molecule has 1 aromatic heterocycles. The third-order valence-corrected chi connectivity index (χ3v) is 2.92. The molecule has 0 bridgehead atoms. The quantitative estimate of drug-likeness (QED) is 0.713. The standard InChI is InChI=1S/C11H15NS/c1-2-4-10-9-6-3-5-8(9)7-11(13)12-10/h7H,2-6H2,1H3,(H,12,13). The summed E-state index contributed by atoms with van der Waals surface area (Å²) in [6, 6.07) is 2.14. The molecule has 0 saturated carbocycles. The van der Waals surface area contributed by atoms with Gasteiger partial charge >= 0.3 is 0 Å². The van der Waals surface area contributed by atoms with Crippen LogP contribution >= 0.6 is 12.2 Å². The van der Waals surface area contributed by atoms with Crippen LogP contribution in [0.2, 0.25) is 0 Å². The maximum Gasteiger partial charge on any atom is 0.103 e. The number of H-pyrrole nitrogens is 1. The van der Waals surface area contributed by atoms with Crippen LogP contribution < -0.4 is 0 Å². The molecule has 1 N–H and O–H groups in total. The number of aryl methyl sites for hydroxylation is 2. The number of nitrogens with one attached hydrogen (secondary N) is 1. The SMILES string of the molecule is CCCc1[nH]c(=S)cc2c1CCC2. The van der Waals surface area contributed by atoms with E-state index in [0.717, 1.165) is 11.1 Å². The van der Waals surface area contributed by atoms with Crippen LogP contribution in [-0.2, 0) is 19.3 Å². The minimum atomic E-state index is 0.907. The van der Waals surface area contributed by atoms with Crippen molar-refractivity contribution in [2.75, 3.05) is 0 Å². The van der Waals surface area contributed by atoms with Crippen LogP contribution in [0.3, 0.4) is 0 Å².